The molecular formula is C27H23FN2O5. The molecule has 1 aliphatic carbocycles. The summed E-state index contributed by atoms with van der Waals surface area (Å²) in [6, 6.07) is 19.3. The first kappa shape index (κ1) is 23.7. The number of nitrogens with one attached hydrogen (secondary N) is 2. The van der Waals surface area contributed by atoms with E-state index in [1.54, 1.807) is 0 Å². The second-order valence-corrected chi connectivity index (χ2v) is 8.05. The van der Waals surface area contributed by atoms with E-state index in [-0.39, 0.29) is 35.9 Å². The molecule has 0 atom stereocenters. The number of benzene rings is 3. The molecule has 0 radical (unpaired) electrons. The number of fused-ring (bicyclic) bond motifs is 3. The van der Waals surface area contributed by atoms with Crippen molar-refractivity contribution in [2.45, 2.75) is 12.8 Å². The maximum absolute atomic E-state index is 14.0. The molecule has 4 rings (SSSR count). The van der Waals surface area contributed by atoms with Crippen LogP contribution in [-0.2, 0) is 9.53 Å². The van der Waals surface area contributed by atoms with E-state index in [0.29, 0.717) is 0 Å². The predicted octanol–water partition coefficient (Wildman–Crippen LogP) is 4.95. The second-order valence-electron chi connectivity index (χ2n) is 8.05. The monoisotopic (exact) mass is 474 g/mol. The van der Waals surface area contributed by atoms with Crippen LogP contribution in [-0.4, -0.2) is 36.2 Å². The van der Waals surface area contributed by atoms with Gasteiger partial charge in [0.05, 0.1) is 11.3 Å². The van der Waals surface area contributed by atoms with Crippen molar-refractivity contribution >= 4 is 23.7 Å². The van der Waals surface area contributed by atoms with Crippen molar-refractivity contribution in [3.63, 3.8) is 0 Å². The van der Waals surface area contributed by atoms with E-state index < -0.39 is 23.8 Å². The average molecular weight is 474 g/mol. The predicted molar refractivity (Wildman–Crippen MR) is 129 cm³/mol. The molecule has 8 heteroatoms. The van der Waals surface area contributed by atoms with E-state index in [9.17, 15) is 18.8 Å². The number of hydrogen-bond acceptors (Lipinski definition) is 4. The number of carboxylic acids is 1. The zero-order valence-electron chi connectivity index (χ0n) is 18.9. The van der Waals surface area contributed by atoms with Gasteiger partial charge in [-0.3, -0.25) is 4.79 Å². The summed E-state index contributed by atoms with van der Waals surface area (Å²) in [6.07, 6.45) is 0.854. The quantitative estimate of drug-likeness (QED) is 0.421. The van der Waals surface area contributed by atoms with Gasteiger partial charge in [0.2, 0.25) is 0 Å². The molecule has 3 aromatic carbocycles. The number of hydrogen-bond donors (Lipinski definition) is 3. The second kappa shape index (κ2) is 10.2. The Morgan fingerprint density at radius 1 is 1.00 bits per heavy atom. The van der Waals surface area contributed by atoms with Gasteiger partial charge < -0.3 is 20.5 Å². The molecule has 35 heavy (non-hydrogen) atoms. The summed E-state index contributed by atoms with van der Waals surface area (Å²) in [7, 11) is 0. The lowest BCUT2D eigenvalue weighted by Crippen LogP contribution is -2.26. The smallest absolute Gasteiger partial charge is 0.407 e. The molecule has 0 spiro atoms. The van der Waals surface area contributed by atoms with Crippen molar-refractivity contribution in [3.8, 4) is 11.1 Å². The highest BCUT2D eigenvalue weighted by atomic mass is 19.1. The Hall–Kier alpha value is -4.46. The fourth-order valence-corrected chi connectivity index (χ4v) is 4.00. The number of carbonyl (C=O) groups is 3. The number of carboxylic acid groups (broad SMARTS) is 1. The van der Waals surface area contributed by atoms with E-state index in [0.717, 1.165) is 28.3 Å². The normalized spacial score (nSPS) is 12.5. The highest BCUT2D eigenvalue weighted by Gasteiger charge is 2.28. The Bertz CT molecular complexity index is 1290. The number of ether oxygens (including phenoxy) is 1. The van der Waals surface area contributed by atoms with Crippen molar-refractivity contribution in [3.05, 3.63) is 101 Å². The van der Waals surface area contributed by atoms with Crippen LogP contribution in [0, 0.1) is 5.82 Å². The Labute approximate surface area is 201 Å². The molecule has 0 saturated carbocycles. The van der Waals surface area contributed by atoms with E-state index in [1.165, 1.54) is 25.1 Å². The minimum absolute atomic E-state index is 0.0381. The van der Waals surface area contributed by atoms with Gasteiger partial charge in [-0.15, -0.1) is 0 Å². The summed E-state index contributed by atoms with van der Waals surface area (Å²) in [5, 5.41) is 13.8. The van der Waals surface area contributed by atoms with E-state index in [2.05, 4.69) is 22.8 Å². The third kappa shape index (κ3) is 5.22. The van der Waals surface area contributed by atoms with Crippen LogP contribution in [0.3, 0.4) is 0 Å². The van der Waals surface area contributed by atoms with Gasteiger partial charge in [-0.25, -0.2) is 14.0 Å². The fraction of sp³-hybridized carbons (Fsp3) is 0.148. The summed E-state index contributed by atoms with van der Waals surface area (Å²) in [4.78, 5) is 35.4. The maximum Gasteiger partial charge on any atom is 0.407 e. The number of carbonyl (C=O) groups excluding carboxylic acids is 2. The Kier molecular flexibility index (Phi) is 6.91. The van der Waals surface area contributed by atoms with Crippen molar-refractivity contribution in [1.82, 2.24) is 5.32 Å². The summed E-state index contributed by atoms with van der Waals surface area (Å²) in [6.45, 7) is 1.73. The van der Waals surface area contributed by atoms with Crippen LogP contribution in [0.4, 0.5) is 14.9 Å². The fourth-order valence-electron chi connectivity index (χ4n) is 4.00. The molecule has 178 valence electrons. The van der Waals surface area contributed by atoms with Gasteiger partial charge in [0, 0.05) is 18.0 Å². The summed E-state index contributed by atoms with van der Waals surface area (Å²) < 4.78 is 19.5. The van der Waals surface area contributed by atoms with Crippen LogP contribution >= 0.6 is 0 Å². The molecule has 1 aliphatic rings. The van der Waals surface area contributed by atoms with Crippen LogP contribution in [0.25, 0.3) is 11.1 Å². The molecule has 7 nitrogen and oxygen atoms in total. The number of amides is 2. The lowest BCUT2D eigenvalue weighted by atomic mass is 9.98. The Morgan fingerprint density at radius 2 is 1.63 bits per heavy atom. The van der Waals surface area contributed by atoms with Crippen molar-refractivity contribution in [2.75, 3.05) is 18.5 Å². The minimum Gasteiger partial charge on any atom is -0.478 e. The molecule has 3 N–H and O–H groups in total. The maximum atomic E-state index is 14.0. The van der Waals surface area contributed by atoms with Gasteiger partial charge in [0.1, 0.15) is 12.4 Å². The molecule has 0 unspecified atom stereocenters. The number of alkyl carbamates (subject to hydrolysis) is 1. The van der Waals surface area contributed by atoms with Gasteiger partial charge in [-0.2, -0.15) is 0 Å². The van der Waals surface area contributed by atoms with Crippen LogP contribution in [0.2, 0.25) is 0 Å². The Morgan fingerprint density at radius 3 is 2.23 bits per heavy atom. The van der Waals surface area contributed by atoms with Gasteiger partial charge in [-0.05, 0) is 47.4 Å². The van der Waals surface area contributed by atoms with Crippen molar-refractivity contribution in [1.29, 1.82) is 0 Å². The molecule has 2 amide bonds. The van der Waals surface area contributed by atoms with E-state index in [1.807, 2.05) is 36.4 Å². The first-order valence-electron chi connectivity index (χ1n) is 10.9. The van der Waals surface area contributed by atoms with Crippen LogP contribution in [0.15, 0.2) is 78.4 Å². The number of aromatic carboxylic acids is 1. The molecule has 0 aromatic heterocycles. The Balaban J connectivity index is 1.29. The lowest BCUT2D eigenvalue weighted by Gasteiger charge is -2.14. The third-order valence-corrected chi connectivity index (χ3v) is 5.82. The van der Waals surface area contributed by atoms with E-state index >= 15 is 0 Å². The summed E-state index contributed by atoms with van der Waals surface area (Å²) in [5.41, 5.74) is 4.37. The third-order valence-electron chi connectivity index (χ3n) is 5.82. The molecule has 0 aliphatic heterocycles. The van der Waals surface area contributed by atoms with Gasteiger partial charge >= 0.3 is 12.1 Å². The molecule has 3 aromatic rings. The molecule has 0 bridgehead atoms. The molecule has 0 heterocycles. The summed E-state index contributed by atoms with van der Waals surface area (Å²) >= 11 is 0. The summed E-state index contributed by atoms with van der Waals surface area (Å²) in [5.74, 6) is -2.76. The largest absolute Gasteiger partial charge is 0.478 e. The highest BCUT2D eigenvalue weighted by molar-refractivity contribution is 6.03. The van der Waals surface area contributed by atoms with Crippen molar-refractivity contribution in [2.24, 2.45) is 0 Å². The first-order chi connectivity index (χ1) is 16.8. The van der Waals surface area contributed by atoms with Gasteiger partial charge in [-0.1, -0.05) is 54.6 Å². The molecule has 0 fully saturated rings. The number of anilines is 1. The zero-order valence-corrected chi connectivity index (χ0v) is 18.9. The van der Waals surface area contributed by atoms with Crippen LogP contribution < -0.4 is 10.6 Å². The van der Waals surface area contributed by atoms with Crippen LogP contribution in [0.5, 0.6) is 0 Å². The number of halogens is 1. The average Bonchev–Trinajstić information content (AvgIpc) is 3.17. The topological polar surface area (TPSA) is 105 Å². The van der Waals surface area contributed by atoms with Gasteiger partial charge in [0.15, 0.2) is 0 Å². The molecular weight excluding hydrogens is 451 g/mol. The number of rotatable bonds is 7. The van der Waals surface area contributed by atoms with Crippen LogP contribution in [0.1, 0.15) is 34.3 Å². The van der Waals surface area contributed by atoms with E-state index in [4.69, 9.17) is 9.84 Å². The standard InChI is InChI=1S/C27H23FN2O5/c1-16(25(31)30-24-11-10-17(26(32)33)14-23(24)28)12-13-29-27(34)35-15-22-20-8-4-2-6-18(20)19-7-3-5-9-21(19)22/h2-12,14,22H,13,15H2,1H3,(H,29,34)(H,30,31)(H,32,33)/b16-12+. The minimum atomic E-state index is -1.27. The zero-order chi connectivity index (χ0) is 24.9. The van der Waals surface area contributed by atoms with Gasteiger partial charge in [0.25, 0.3) is 5.91 Å². The highest BCUT2D eigenvalue weighted by Crippen LogP contribution is 2.44. The first-order valence-corrected chi connectivity index (χ1v) is 10.9. The lowest BCUT2D eigenvalue weighted by molar-refractivity contribution is -0.112. The van der Waals surface area contributed by atoms with Crippen molar-refractivity contribution < 1.29 is 28.6 Å². The molecule has 0 saturated heterocycles. The SMILES string of the molecule is C/C(=C\CNC(=O)OCC1c2ccccc2-c2ccccc21)C(=O)Nc1ccc(C(=O)O)cc1F.